The van der Waals surface area contributed by atoms with Gasteiger partial charge in [0.25, 0.3) is 0 Å². The predicted octanol–water partition coefficient (Wildman–Crippen LogP) is 4.67. The number of anilines is 1. The fourth-order valence-corrected chi connectivity index (χ4v) is 3.61. The van der Waals surface area contributed by atoms with Crippen LogP contribution in [-0.4, -0.2) is 10.9 Å². The molecule has 2 heterocycles. The highest BCUT2D eigenvalue weighted by Crippen LogP contribution is 2.32. The molecule has 114 valence electrons. The van der Waals surface area contributed by atoms with Crippen LogP contribution in [0.1, 0.15) is 17.5 Å². The van der Waals surface area contributed by atoms with Gasteiger partial charge in [0, 0.05) is 28.6 Å². The number of carbonyl (C=O) groups excluding carboxylic acids is 1. The molecule has 4 rings (SSSR count). The van der Waals surface area contributed by atoms with Crippen molar-refractivity contribution in [2.75, 3.05) is 5.32 Å². The van der Waals surface area contributed by atoms with Crippen LogP contribution in [0.2, 0.25) is 0 Å². The van der Waals surface area contributed by atoms with Gasteiger partial charge in [-0.15, -0.1) is 11.3 Å². The largest absolute Gasteiger partial charge is 0.326 e. The molecule has 3 nitrogen and oxygen atoms in total. The summed E-state index contributed by atoms with van der Waals surface area (Å²) in [4.78, 5) is 16.2. The Bertz CT molecular complexity index is 881. The van der Waals surface area contributed by atoms with Crippen LogP contribution in [0.25, 0.3) is 21.8 Å². The molecule has 0 radical (unpaired) electrons. The summed E-state index contributed by atoms with van der Waals surface area (Å²) < 4.78 is 0. The zero-order valence-electron chi connectivity index (χ0n) is 12.8. The number of carbonyl (C=O) groups is 1. The first-order chi connectivity index (χ1) is 11.2. The number of hydrogen-bond acceptors (Lipinski definition) is 3. The maximum Gasteiger partial charge on any atom is 0.224 e. The Kier molecular flexibility index (Phi) is 3.46. The maximum absolute atomic E-state index is 11.4. The summed E-state index contributed by atoms with van der Waals surface area (Å²) in [6.07, 6.45) is 1.35. The highest BCUT2D eigenvalue weighted by molar-refractivity contribution is 7.13. The first-order valence-corrected chi connectivity index (χ1v) is 8.53. The van der Waals surface area contributed by atoms with Gasteiger partial charge in [-0.1, -0.05) is 35.9 Å². The van der Waals surface area contributed by atoms with Crippen molar-refractivity contribution in [3.05, 3.63) is 59.0 Å². The minimum absolute atomic E-state index is 0.0977. The van der Waals surface area contributed by atoms with Crippen LogP contribution in [0, 0.1) is 6.92 Å². The second-order valence-electron chi connectivity index (χ2n) is 5.82. The average Bonchev–Trinajstić information content (AvgIpc) is 3.05. The van der Waals surface area contributed by atoms with Gasteiger partial charge >= 0.3 is 0 Å². The average molecular weight is 320 g/mol. The molecule has 0 atom stereocenters. The summed E-state index contributed by atoms with van der Waals surface area (Å²) in [7, 11) is 0. The summed E-state index contributed by atoms with van der Waals surface area (Å²) in [6.45, 7) is 2.09. The van der Waals surface area contributed by atoms with E-state index in [-0.39, 0.29) is 5.91 Å². The van der Waals surface area contributed by atoms with Crippen LogP contribution in [0.5, 0.6) is 0 Å². The van der Waals surface area contributed by atoms with Crippen LogP contribution < -0.4 is 5.32 Å². The van der Waals surface area contributed by atoms with Crippen LogP contribution in [0.15, 0.2) is 47.8 Å². The molecule has 1 aromatic heterocycles. The molecule has 1 aliphatic heterocycles. The Balaban J connectivity index is 1.66. The lowest BCUT2D eigenvalue weighted by Crippen LogP contribution is -2.18. The van der Waals surface area contributed by atoms with Crippen molar-refractivity contribution in [2.45, 2.75) is 19.8 Å². The Labute approximate surface area is 139 Å². The molecule has 1 aliphatic rings. The van der Waals surface area contributed by atoms with Crippen molar-refractivity contribution in [1.82, 2.24) is 4.98 Å². The quantitative estimate of drug-likeness (QED) is 0.745. The second-order valence-corrected chi connectivity index (χ2v) is 6.68. The molecule has 0 saturated heterocycles. The highest BCUT2D eigenvalue weighted by Gasteiger charge is 2.16. The number of benzene rings is 2. The molecule has 1 amide bonds. The zero-order chi connectivity index (χ0) is 15.8. The summed E-state index contributed by atoms with van der Waals surface area (Å²) in [6, 6.07) is 14.6. The fraction of sp³-hybridized carbons (Fsp3) is 0.158. The first-order valence-electron chi connectivity index (χ1n) is 7.65. The number of nitrogens with zero attached hydrogens (tertiary/aromatic N) is 1. The van der Waals surface area contributed by atoms with Crippen molar-refractivity contribution >= 4 is 22.9 Å². The van der Waals surface area contributed by atoms with Crippen molar-refractivity contribution in [3.63, 3.8) is 0 Å². The summed E-state index contributed by atoms with van der Waals surface area (Å²) in [5.74, 6) is 0.0977. The maximum atomic E-state index is 11.4. The van der Waals surface area contributed by atoms with E-state index in [1.165, 1.54) is 11.1 Å². The molecule has 4 heteroatoms. The predicted molar refractivity (Wildman–Crippen MR) is 94.7 cm³/mol. The van der Waals surface area contributed by atoms with Crippen LogP contribution in [-0.2, 0) is 11.2 Å². The molecular weight excluding hydrogens is 304 g/mol. The molecule has 23 heavy (non-hydrogen) atoms. The highest BCUT2D eigenvalue weighted by atomic mass is 32.1. The molecule has 1 N–H and O–H groups in total. The molecule has 0 bridgehead atoms. The van der Waals surface area contributed by atoms with E-state index in [1.54, 1.807) is 11.3 Å². The van der Waals surface area contributed by atoms with E-state index in [4.69, 9.17) is 4.98 Å². The van der Waals surface area contributed by atoms with Crippen LogP contribution in [0.3, 0.4) is 0 Å². The number of rotatable bonds is 2. The van der Waals surface area contributed by atoms with Crippen LogP contribution in [0.4, 0.5) is 5.69 Å². The van der Waals surface area contributed by atoms with Crippen molar-refractivity contribution in [2.24, 2.45) is 0 Å². The second kappa shape index (κ2) is 5.63. The first kappa shape index (κ1) is 14.2. The Hall–Kier alpha value is -2.46. The molecule has 0 saturated carbocycles. The number of amides is 1. The molecular formula is C19H16N2OS. The van der Waals surface area contributed by atoms with E-state index in [2.05, 4.69) is 48.0 Å². The van der Waals surface area contributed by atoms with Gasteiger partial charge in [-0.2, -0.15) is 0 Å². The SMILES string of the molecule is Cc1ccc(-c2nc(-c3ccc4c(c3)CCC(=O)N4)cs2)cc1. The van der Waals surface area contributed by atoms with Crippen molar-refractivity contribution in [1.29, 1.82) is 0 Å². The molecule has 0 fully saturated rings. The van der Waals surface area contributed by atoms with E-state index in [0.717, 1.165) is 33.9 Å². The third-order valence-corrected chi connectivity index (χ3v) is 4.99. The fourth-order valence-electron chi connectivity index (χ4n) is 2.78. The molecule has 2 aromatic carbocycles. The van der Waals surface area contributed by atoms with E-state index >= 15 is 0 Å². The lowest BCUT2D eigenvalue weighted by Gasteiger charge is -2.17. The number of nitrogens with one attached hydrogen (secondary N) is 1. The van der Waals surface area contributed by atoms with E-state index < -0.39 is 0 Å². The van der Waals surface area contributed by atoms with Gasteiger partial charge in [0.2, 0.25) is 5.91 Å². The van der Waals surface area contributed by atoms with Gasteiger partial charge in [-0.05, 0) is 31.0 Å². The van der Waals surface area contributed by atoms with E-state index in [9.17, 15) is 4.79 Å². The van der Waals surface area contributed by atoms with Crippen molar-refractivity contribution in [3.8, 4) is 21.8 Å². The smallest absolute Gasteiger partial charge is 0.224 e. The zero-order valence-corrected chi connectivity index (χ0v) is 13.6. The number of thiazole rings is 1. The monoisotopic (exact) mass is 320 g/mol. The number of fused-ring (bicyclic) bond motifs is 1. The number of aryl methyl sites for hydroxylation is 2. The lowest BCUT2D eigenvalue weighted by atomic mass is 9.99. The Morgan fingerprint density at radius 2 is 1.83 bits per heavy atom. The third kappa shape index (κ3) is 2.78. The lowest BCUT2D eigenvalue weighted by molar-refractivity contribution is -0.116. The number of aromatic nitrogens is 1. The molecule has 0 aliphatic carbocycles. The molecule has 3 aromatic rings. The normalized spacial score (nSPS) is 13.5. The Morgan fingerprint density at radius 3 is 2.65 bits per heavy atom. The van der Waals surface area contributed by atoms with Gasteiger partial charge in [-0.25, -0.2) is 4.98 Å². The molecule has 0 unspecified atom stereocenters. The van der Waals surface area contributed by atoms with Crippen molar-refractivity contribution < 1.29 is 4.79 Å². The number of hydrogen-bond donors (Lipinski definition) is 1. The molecule has 0 spiro atoms. The third-order valence-electron chi connectivity index (χ3n) is 4.10. The van der Waals surface area contributed by atoms with Gasteiger partial charge in [0.1, 0.15) is 5.01 Å². The van der Waals surface area contributed by atoms with E-state index in [1.807, 2.05) is 12.1 Å². The van der Waals surface area contributed by atoms with Crippen LogP contribution >= 0.6 is 11.3 Å². The van der Waals surface area contributed by atoms with E-state index in [0.29, 0.717) is 6.42 Å². The van der Waals surface area contributed by atoms with Gasteiger partial charge in [0.15, 0.2) is 0 Å². The summed E-state index contributed by atoms with van der Waals surface area (Å²) in [5.41, 5.74) is 6.62. The minimum Gasteiger partial charge on any atom is -0.326 e. The van der Waals surface area contributed by atoms with Gasteiger partial charge < -0.3 is 5.32 Å². The topological polar surface area (TPSA) is 42.0 Å². The standard InChI is InChI=1S/C19H16N2OS/c1-12-2-4-13(5-3-12)19-21-17(11-23-19)15-6-8-16-14(10-15)7-9-18(22)20-16/h2-6,8,10-11H,7,9H2,1H3,(H,20,22). The Morgan fingerprint density at radius 1 is 1.04 bits per heavy atom. The summed E-state index contributed by atoms with van der Waals surface area (Å²) >= 11 is 1.66. The summed E-state index contributed by atoms with van der Waals surface area (Å²) in [5, 5.41) is 6.05. The van der Waals surface area contributed by atoms with Gasteiger partial charge in [-0.3, -0.25) is 4.79 Å². The minimum atomic E-state index is 0.0977. The van der Waals surface area contributed by atoms with Gasteiger partial charge in [0.05, 0.1) is 5.69 Å².